The van der Waals surface area contributed by atoms with Gasteiger partial charge in [0.2, 0.25) is 17.7 Å². The fraction of sp³-hybridized carbons (Fsp3) is 0.778. The average molecular weight is 371 g/mol. The minimum absolute atomic E-state index is 0.182. The van der Waals surface area contributed by atoms with Gasteiger partial charge in [0, 0.05) is 6.42 Å². The summed E-state index contributed by atoms with van der Waals surface area (Å²) in [5, 5.41) is 15.3. The highest BCUT2D eigenvalue weighted by molar-refractivity contribution is 5.89. The van der Waals surface area contributed by atoms with E-state index < -0.39 is 24.3 Å². The number of hydrogen-bond donors (Lipinski definition) is 4. The number of hydrogen-bond acceptors (Lipinski definition) is 4. The molecule has 0 aliphatic heterocycles. The maximum atomic E-state index is 11.6. The molecular weight excluding hydrogens is 338 g/mol. The lowest BCUT2D eigenvalue weighted by Crippen LogP contribution is -2.42. The molecule has 150 valence electrons. The van der Waals surface area contributed by atoms with Crippen LogP contribution in [0.1, 0.15) is 71.1 Å². The van der Waals surface area contributed by atoms with Crippen LogP contribution in [0, 0.1) is 0 Å². The third-order valence-corrected chi connectivity index (χ3v) is 3.84. The van der Waals surface area contributed by atoms with Crippen LogP contribution < -0.4 is 16.0 Å². The van der Waals surface area contributed by atoms with Crippen molar-refractivity contribution >= 4 is 23.7 Å². The van der Waals surface area contributed by atoms with Crippen LogP contribution in [0.2, 0.25) is 0 Å². The van der Waals surface area contributed by atoms with Gasteiger partial charge in [0.1, 0.15) is 6.54 Å². The predicted octanol–water partition coefficient (Wildman–Crippen LogP) is 1.34. The molecule has 0 bridgehead atoms. The van der Waals surface area contributed by atoms with Gasteiger partial charge in [-0.1, -0.05) is 58.3 Å². The molecule has 0 saturated heterocycles. The first-order valence-corrected chi connectivity index (χ1v) is 9.47. The number of rotatable bonds is 16. The fourth-order valence-electron chi connectivity index (χ4n) is 2.34. The van der Waals surface area contributed by atoms with E-state index in [4.69, 9.17) is 5.11 Å². The molecule has 0 aliphatic rings. The minimum atomic E-state index is -1.16. The molecule has 0 aromatic rings. The van der Waals surface area contributed by atoms with Crippen LogP contribution in [-0.2, 0) is 19.2 Å². The van der Waals surface area contributed by atoms with E-state index in [1.165, 1.54) is 38.5 Å². The number of amides is 3. The van der Waals surface area contributed by atoms with Crippen molar-refractivity contribution in [3.63, 3.8) is 0 Å². The average Bonchev–Trinajstić information content (AvgIpc) is 2.61. The zero-order valence-corrected chi connectivity index (χ0v) is 15.8. The Morgan fingerprint density at radius 3 is 1.54 bits per heavy atom. The normalized spacial score (nSPS) is 10.2. The molecule has 8 heteroatoms. The largest absolute Gasteiger partial charge is 0.480 e. The van der Waals surface area contributed by atoms with Crippen molar-refractivity contribution in [3.8, 4) is 0 Å². The molecule has 8 nitrogen and oxygen atoms in total. The van der Waals surface area contributed by atoms with Crippen molar-refractivity contribution in [1.29, 1.82) is 0 Å². The van der Waals surface area contributed by atoms with Gasteiger partial charge in [0.25, 0.3) is 0 Å². The second kappa shape index (κ2) is 16.4. The Bertz CT molecular complexity index is 441. The van der Waals surface area contributed by atoms with E-state index in [9.17, 15) is 19.2 Å². The van der Waals surface area contributed by atoms with Crippen molar-refractivity contribution in [2.45, 2.75) is 71.1 Å². The van der Waals surface area contributed by atoms with E-state index in [0.717, 1.165) is 19.3 Å². The SMILES string of the molecule is CCCCCCCCCCCC(=O)NCC(=O)NCC(=O)NCC(=O)O. The highest BCUT2D eigenvalue weighted by Gasteiger charge is 2.08. The van der Waals surface area contributed by atoms with Crippen LogP contribution in [-0.4, -0.2) is 48.4 Å². The minimum Gasteiger partial charge on any atom is -0.480 e. The monoisotopic (exact) mass is 371 g/mol. The topological polar surface area (TPSA) is 125 Å². The Morgan fingerprint density at radius 1 is 0.615 bits per heavy atom. The summed E-state index contributed by atoms with van der Waals surface area (Å²) in [6, 6.07) is 0. The highest BCUT2D eigenvalue weighted by atomic mass is 16.4. The van der Waals surface area contributed by atoms with Crippen LogP contribution in [0.3, 0.4) is 0 Å². The Labute approximate surface area is 155 Å². The van der Waals surface area contributed by atoms with Gasteiger partial charge in [0.05, 0.1) is 13.1 Å². The second-order valence-electron chi connectivity index (χ2n) is 6.30. The lowest BCUT2D eigenvalue weighted by Gasteiger charge is -2.07. The molecule has 4 N–H and O–H groups in total. The molecule has 0 fully saturated rings. The number of nitrogens with one attached hydrogen (secondary N) is 3. The molecular formula is C18H33N3O5. The van der Waals surface area contributed by atoms with Gasteiger partial charge in [-0.15, -0.1) is 0 Å². The van der Waals surface area contributed by atoms with Gasteiger partial charge in [-0.25, -0.2) is 0 Å². The third kappa shape index (κ3) is 16.7. The molecule has 0 heterocycles. The molecule has 0 aromatic heterocycles. The predicted molar refractivity (Wildman–Crippen MR) is 98.5 cm³/mol. The molecule has 26 heavy (non-hydrogen) atoms. The summed E-state index contributed by atoms with van der Waals surface area (Å²) in [6.45, 7) is 1.20. The molecule has 0 rings (SSSR count). The molecule has 0 atom stereocenters. The van der Waals surface area contributed by atoms with E-state index >= 15 is 0 Å². The van der Waals surface area contributed by atoms with Gasteiger partial charge in [-0.2, -0.15) is 0 Å². The molecule has 0 saturated carbocycles. The zero-order chi connectivity index (χ0) is 19.6. The van der Waals surface area contributed by atoms with Crippen molar-refractivity contribution in [3.05, 3.63) is 0 Å². The number of carbonyl (C=O) groups excluding carboxylic acids is 3. The van der Waals surface area contributed by atoms with E-state index in [2.05, 4.69) is 22.9 Å². The number of carboxylic acid groups (broad SMARTS) is 1. The number of aliphatic carboxylic acids is 1. The van der Waals surface area contributed by atoms with Crippen molar-refractivity contribution < 1.29 is 24.3 Å². The Kier molecular flexibility index (Phi) is 15.0. The molecule has 0 spiro atoms. The summed E-state index contributed by atoms with van der Waals surface area (Å²) in [5.74, 6) is -2.43. The van der Waals surface area contributed by atoms with Gasteiger partial charge < -0.3 is 21.1 Å². The summed E-state index contributed by atoms with van der Waals surface area (Å²) < 4.78 is 0. The Morgan fingerprint density at radius 2 is 1.04 bits per heavy atom. The first-order chi connectivity index (χ1) is 12.5. The van der Waals surface area contributed by atoms with Crippen molar-refractivity contribution in [2.24, 2.45) is 0 Å². The van der Waals surface area contributed by atoms with Crippen molar-refractivity contribution in [1.82, 2.24) is 16.0 Å². The lowest BCUT2D eigenvalue weighted by atomic mass is 10.1. The van der Waals surface area contributed by atoms with E-state index in [1.807, 2.05) is 0 Å². The number of carbonyl (C=O) groups is 4. The summed E-state index contributed by atoms with van der Waals surface area (Å²) >= 11 is 0. The summed E-state index contributed by atoms with van der Waals surface area (Å²) in [4.78, 5) is 44.6. The van der Waals surface area contributed by atoms with Gasteiger partial charge >= 0.3 is 5.97 Å². The third-order valence-electron chi connectivity index (χ3n) is 3.84. The molecule has 3 amide bonds. The first-order valence-electron chi connectivity index (χ1n) is 9.47. The van der Waals surface area contributed by atoms with Gasteiger partial charge in [-0.05, 0) is 6.42 Å². The molecule has 0 unspecified atom stereocenters. The van der Waals surface area contributed by atoms with Crippen LogP contribution in [0.25, 0.3) is 0 Å². The maximum absolute atomic E-state index is 11.6. The lowest BCUT2D eigenvalue weighted by molar-refractivity contribution is -0.137. The van der Waals surface area contributed by atoms with E-state index in [1.54, 1.807) is 0 Å². The molecule has 0 aromatic carbocycles. The van der Waals surface area contributed by atoms with Crippen LogP contribution in [0.4, 0.5) is 0 Å². The Balaban J connectivity index is 3.51. The Hall–Kier alpha value is -2.12. The van der Waals surface area contributed by atoms with E-state index in [-0.39, 0.29) is 19.0 Å². The summed E-state index contributed by atoms with van der Waals surface area (Å²) in [6.07, 6.45) is 11.0. The molecule has 0 radical (unpaired) electrons. The summed E-state index contributed by atoms with van der Waals surface area (Å²) in [7, 11) is 0. The first kappa shape index (κ1) is 23.9. The van der Waals surface area contributed by atoms with Gasteiger partial charge in [-0.3, -0.25) is 19.2 Å². The quantitative estimate of drug-likeness (QED) is 0.305. The van der Waals surface area contributed by atoms with Gasteiger partial charge in [0.15, 0.2) is 0 Å². The standard InChI is InChI=1S/C18H33N3O5/c1-2-3-4-5-6-7-8-9-10-11-15(22)19-12-16(23)20-13-17(24)21-14-18(25)26/h2-14H2,1H3,(H,19,22)(H,20,23)(H,21,24)(H,25,26). The zero-order valence-electron chi connectivity index (χ0n) is 15.8. The maximum Gasteiger partial charge on any atom is 0.322 e. The van der Waals surface area contributed by atoms with Crippen LogP contribution in [0.5, 0.6) is 0 Å². The fourth-order valence-corrected chi connectivity index (χ4v) is 2.34. The second-order valence-corrected chi connectivity index (χ2v) is 6.30. The van der Waals surface area contributed by atoms with E-state index in [0.29, 0.717) is 6.42 Å². The van der Waals surface area contributed by atoms with Crippen LogP contribution >= 0.6 is 0 Å². The van der Waals surface area contributed by atoms with Crippen molar-refractivity contribution in [2.75, 3.05) is 19.6 Å². The summed E-state index contributed by atoms with van der Waals surface area (Å²) in [5.41, 5.74) is 0. The van der Waals surface area contributed by atoms with Crippen LogP contribution in [0.15, 0.2) is 0 Å². The molecule has 0 aliphatic carbocycles. The number of carboxylic acids is 1. The number of unbranched alkanes of at least 4 members (excludes halogenated alkanes) is 8. The smallest absolute Gasteiger partial charge is 0.322 e. The highest BCUT2D eigenvalue weighted by Crippen LogP contribution is 2.10.